The highest BCUT2D eigenvalue weighted by molar-refractivity contribution is 5.42. The van der Waals surface area contributed by atoms with Crippen LogP contribution in [0.25, 0.3) is 0 Å². The molecule has 0 heterocycles. The van der Waals surface area contributed by atoms with E-state index >= 15 is 0 Å². The fourth-order valence-electron chi connectivity index (χ4n) is 2.26. The SMILES string of the molecule is CN(C)[C@H]1CC[C@H]1c1ccc(O)c(O)c1. The Bertz CT molecular complexity index is 363. The molecule has 2 rings (SSSR count). The van der Waals surface area contributed by atoms with Crippen LogP contribution in [0.3, 0.4) is 0 Å². The Balaban J connectivity index is 2.20. The molecular formula is C12H17NO2. The summed E-state index contributed by atoms with van der Waals surface area (Å²) in [4.78, 5) is 2.22. The lowest BCUT2D eigenvalue weighted by Gasteiger charge is -2.41. The minimum atomic E-state index is -0.0422. The molecular weight excluding hydrogens is 190 g/mol. The van der Waals surface area contributed by atoms with E-state index in [4.69, 9.17) is 0 Å². The Morgan fingerprint density at radius 3 is 2.33 bits per heavy atom. The normalized spacial score (nSPS) is 25.3. The first-order valence-electron chi connectivity index (χ1n) is 5.28. The molecule has 15 heavy (non-hydrogen) atoms. The zero-order chi connectivity index (χ0) is 11.0. The average Bonchev–Trinajstić information content (AvgIpc) is 2.08. The van der Waals surface area contributed by atoms with E-state index in [1.165, 1.54) is 6.42 Å². The number of benzene rings is 1. The number of hydrogen-bond acceptors (Lipinski definition) is 3. The lowest BCUT2D eigenvalue weighted by Crippen LogP contribution is -2.41. The van der Waals surface area contributed by atoms with Gasteiger partial charge in [-0.15, -0.1) is 0 Å². The van der Waals surface area contributed by atoms with Crippen LogP contribution in [-0.4, -0.2) is 35.3 Å². The van der Waals surface area contributed by atoms with Gasteiger partial charge in [-0.25, -0.2) is 0 Å². The smallest absolute Gasteiger partial charge is 0.157 e. The van der Waals surface area contributed by atoms with Crippen LogP contribution in [0.2, 0.25) is 0 Å². The van der Waals surface area contributed by atoms with Crippen molar-refractivity contribution in [3.63, 3.8) is 0 Å². The van der Waals surface area contributed by atoms with E-state index in [9.17, 15) is 10.2 Å². The predicted molar refractivity (Wildman–Crippen MR) is 59.2 cm³/mol. The number of phenols is 2. The zero-order valence-corrected chi connectivity index (χ0v) is 9.14. The molecule has 3 nitrogen and oxygen atoms in total. The highest BCUT2D eigenvalue weighted by Crippen LogP contribution is 2.41. The van der Waals surface area contributed by atoms with Crippen LogP contribution in [0, 0.1) is 0 Å². The first kappa shape index (κ1) is 10.3. The Kier molecular flexibility index (Phi) is 2.57. The van der Waals surface area contributed by atoms with Crippen molar-refractivity contribution in [1.29, 1.82) is 0 Å². The average molecular weight is 207 g/mol. The van der Waals surface area contributed by atoms with Crippen molar-refractivity contribution in [2.45, 2.75) is 24.8 Å². The van der Waals surface area contributed by atoms with Crippen LogP contribution in [0.5, 0.6) is 11.5 Å². The Labute approximate surface area is 90.0 Å². The van der Waals surface area contributed by atoms with Crippen LogP contribution < -0.4 is 0 Å². The van der Waals surface area contributed by atoms with Gasteiger partial charge in [0.15, 0.2) is 11.5 Å². The van der Waals surface area contributed by atoms with E-state index in [1.54, 1.807) is 12.1 Å². The van der Waals surface area contributed by atoms with E-state index in [2.05, 4.69) is 19.0 Å². The summed E-state index contributed by atoms with van der Waals surface area (Å²) in [6.07, 6.45) is 2.37. The third kappa shape index (κ3) is 1.79. The molecule has 1 fully saturated rings. The largest absolute Gasteiger partial charge is 0.504 e. The summed E-state index contributed by atoms with van der Waals surface area (Å²) in [6, 6.07) is 5.70. The number of aromatic hydroxyl groups is 2. The lowest BCUT2D eigenvalue weighted by atomic mass is 9.74. The summed E-state index contributed by atoms with van der Waals surface area (Å²) in [7, 11) is 4.16. The minimum absolute atomic E-state index is 0.0168. The molecule has 1 aliphatic carbocycles. The molecule has 3 heteroatoms. The number of rotatable bonds is 2. The van der Waals surface area contributed by atoms with E-state index in [0.29, 0.717) is 12.0 Å². The predicted octanol–water partition coefficient (Wildman–Crippen LogP) is 1.91. The molecule has 2 N–H and O–H groups in total. The molecule has 0 bridgehead atoms. The molecule has 0 amide bonds. The third-order valence-electron chi connectivity index (χ3n) is 3.33. The Hall–Kier alpha value is -1.22. The molecule has 1 aliphatic rings. The number of nitrogens with zero attached hydrogens (tertiary/aromatic N) is 1. The standard InChI is InChI=1S/C12H17NO2/c1-13(2)10-5-4-9(10)8-3-6-11(14)12(15)7-8/h3,6-7,9-10,14-15H,4-5H2,1-2H3/t9-,10-/m0/s1. The molecule has 0 radical (unpaired) electrons. The fourth-order valence-corrected chi connectivity index (χ4v) is 2.26. The van der Waals surface area contributed by atoms with Crippen LogP contribution in [0.4, 0.5) is 0 Å². The summed E-state index contributed by atoms with van der Waals surface area (Å²) >= 11 is 0. The monoisotopic (exact) mass is 207 g/mol. The molecule has 0 spiro atoms. The van der Waals surface area contributed by atoms with Gasteiger partial charge in [0.25, 0.3) is 0 Å². The fraction of sp³-hybridized carbons (Fsp3) is 0.500. The molecule has 1 aromatic rings. The van der Waals surface area contributed by atoms with Crippen molar-refractivity contribution in [3.05, 3.63) is 23.8 Å². The second-order valence-corrected chi connectivity index (χ2v) is 4.46. The summed E-state index contributed by atoms with van der Waals surface area (Å²) in [5.41, 5.74) is 1.12. The van der Waals surface area contributed by atoms with E-state index in [-0.39, 0.29) is 11.5 Å². The maximum atomic E-state index is 9.43. The van der Waals surface area contributed by atoms with Crippen molar-refractivity contribution in [2.24, 2.45) is 0 Å². The van der Waals surface area contributed by atoms with E-state index in [0.717, 1.165) is 12.0 Å². The van der Waals surface area contributed by atoms with Gasteiger partial charge in [0.05, 0.1) is 0 Å². The maximum absolute atomic E-state index is 9.43. The van der Waals surface area contributed by atoms with Crippen molar-refractivity contribution in [3.8, 4) is 11.5 Å². The second-order valence-electron chi connectivity index (χ2n) is 4.46. The molecule has 2 atom stereocenters. The highest BCUT2D eigenvalue weighted by Gasteiger charge is 2.33. The number of likely N-dealkylation sites (N-methyl/N-ethyl adjacent to an activating group) is 1. The Morgan fingerprint density at radius 1 is 1.13 bits per heavy atom. The van der Waals surface area contributed by atoms with Gasteiger partial charge < -0.3 is 15.1 Å². The van der Waals surface area contributed by atoms with E-state index < -0.39 is 0 Å². The number of hydrogen-bond donors (Lipinski definition) is 2. The number of phenolic OH excluding ortho intramolecular Hbond substituents is 2. The Morgan fingerprint density at radius 2 is 1.87 bits per heavy atom. The van der Waals surface area contributed by atoms with Crippen LogP contribution in [0.1, 0.15) is 24.3 Å². The van der Waals surface area contributed by atoms with Crippen molar-refractivity contribution >= 4 is 0 Å². The first-order chi connectivity index (χ1) is 7.09. The first-order valence-corrected chi connectivity index (χ1v) is 5.28. The summed E-state index contributed by atoms with van der Waals surface area (Å²) in [6.45, 7) is 0. The van der Waals surface area contributed by atoms with Crippen molar-refractivity contribution in [2.75, 3.05) is 14.1 Å². The van der Waals surface area contributed by atoms with Gasteiger partial charge in [0, 0.05) is 6.04 Å². The van der Waals surface area contributed by atoms with Crippen LogP contribution >= 0.6 is 0 Å². The van der Waals surface area contributed by atoms with E-state index in [1.807, 2.05) is 6.07 Å². The zero-order valence-electron chi connectivity index (χ0n) is 9.14. The second kappa shape index (κ2) is 3.74. The van der Waals surface area contributed by atoms with Crippen LogP contribution in [0.15, 0.2) is 18.2 Å². The van der Waals surface area contributed by atoms with Crippen molar-refractivity contribution < 1.29 is 10.2 Å². The molecule has 82 valence electrons. The van der Waals surface area contributed by atoms with Gasteiger partial charge >= 0.3 is 0 Å². The molecule has 1 aromatic carbocycles. The summed E-state index contributed by atoms with van der Waals surface area (Å²) in [5.74, 6) is 0.433. The molecule has 0 aromatic heterocycles. The van der Waals surface area contributed by atoms with Gasteiger partial charge in [-0.2, -0.15) is 0 Å². The highest BCUT2D eigenvalue weighted by atomic mass is 16.3. The van der Waals surface area contributed by atoms with Gasteiger partial charge in [-0.3, -0.25) is 0 Å². The third-order valence-corrected chi connectivity index (χ3v) is 3.33. The molecule has 0 unspecified atom stereocenters. The topological polar surface area (TPSA) is 43.7 Å². The van der Waals surface area contributed by atoms with Crippen LogP contribution in [-0.2, 0) is 0 Å². The quantitative estimate of drug-likeness (QED) is 0.728. The minimum Gasteiger partial charge on any atom is -0.504 e. The lowest BCUT2D eigenvalue weighted by molar-refractivity contribution is 0.158. The van der Waals surface area contributed by atoms with Gasteiger partial charge in [-0.1, -0.05) is 6.07 Å². The van der Waals surface area contributed by atoms with Gasteiger partial charge in [0.2, 0.25) is 0 Å². The molecule has 1 saturated carbocycles. The maximum Gasteiger partial charge on any atom is 0.157 e. The summed E-state index contributed by atoms with van der Waals surface area (Å²) in [5, 5.41) is 18.7. The molecule has 0 saturated heterocycles. The molecule has 0 aliphatic heterocycles. The van der Waals surface area contributed by atoms with Gasteiger partial charge in [0.1, 0.15) is 0 Å². The summed E-state index contributed by atoms with van der Waals surface area (Å²) < 4.78 is 0. The van der Waals surface area contributed by atoms with Gasteiger partial charge in [-0.05, 0) is 50.6 Å². The van der Waals surface area contributed by atoms with Crippen molar-refractivity contribution in [1.82, 2.24) is 4.90 Å².